The molecule has 2 rings (SSSR count). The molecule has 1 aliphatic heterocycles. The lowest BCUT2D eigenvalue weighted by molar-refractivity contribution is 0.313. The van der Waals surface area contributed by atoms with Crippen LogP contribution in [0.5, 0.6) is 5.75 Å². The van der Waals surface area contributed by atoms with Crippen LogP contribution in [0.1, 0.15) is 18.7 Å². The van der Waals surface area contributed by atoms with E-state index >= 15 is 0 Å². The fourth-order valence-electron chi connectivity index (χ4n) is 1.72. The maximum atomic E-state index is 13.1. The molecular weight excluding hydrogens is 195 g/mol. The third-order valence-corrected chi connectivity index (χ3v) is 2.65. The number of phenols is 1. The Balaban J connectivity index is 2.12. The molecular formula is C11H15FN2O. The second kappa shape index (κ2) is 4.16. The third-order valence-electron chi connectivity index (χ3n) is 2.65. The van der Waals surface area contributed by atoms with Crippen molar-refractivity contribution < 1.29 is 9.50 Å². The van der Waals surface area contributed by atoms with Crippen LogP contribution >= 0.6 is 0 Å². The predicted molar refractivity (Wildman–Crippen MR) is 56.0 cm³/mol. The molecule has 0 atom stereocenters. The van der Waals surface area contributed by atoms with Crippen molar-refractivity contribution in [2.45, 2.75) is 13.1 Å². The molecule has 0 radical (unpaired) electrons. The first-order chi connectivity index (χ1) is 7.16. The molecule has 1 aliphatic rings. The molecule has 0 unspecified atom stereocenters. The predicted octanol–water partition coefficient (Wildman–Crippen LogP) is 1.36. The zero-order valence-electron chi connectivity index (χ0n) is 8.63. The Bertz CT molecular complexity index is 348. The summed E-state index contributed by atoms with van der Waals surface area (Å²) in [5.41, 5.74) is 0.817. The highest BCUT2D eigenvalue weighted by molar-refractivity contribution is 5.29. The van der Waals surface area contributed by atoms with Gasteiger partial charge in [0.15, 0.2) is 11.6 Å². The van der Waals surface area contributed by atoms with E-state index in [-0.39, 0.29) is 11.9 Å². The van der Waals surface area contributed by atoms with Crippen molar-refractivity contribution in [1.82, 2.24) is 10.6 Å². The Labute approximate surface area is 88.3 Å². The fraction of sp³-hybridized carbons (Fsp3) is 0.455. The van der Waals surface area contributed by atoms with Crippen molar-refractivity contribution in [2.75, 3.05) is 13.1 Å². The summed E-state index contributed by atoms with van der Waals surface area (Å²) in [6.45, 7) is 3.98. The van der Waals surface area contributed by atoms with Crippen molar-refractivity contribution in [2.24, 2.45) is 5.92 Å². The lowest BCUT2D eigenvalue weighted by Gasteiger charge is -2.29. The number of hydrogen-bond acceptors (Lipinski definition) is 3. The molecule has 0 bridgehead atoms. The Kier molecular flexibility index (Phi) is 2.88. The van der Waals surface area contributed by atoms with Crippen molar-refractivity contribution in [3.05, 3.63) is 29.6 Å². The van der Waals surface area contributed by atoms with Crippen LogP contribution < -0.4 is 10.6 Å². The molecule has 1 heterocycles. The summed E-state index contributed by atoms with van der Waals surface area (Å²) in [5.74, 6) is -0.291. The minimum Gasteiger partial charge on any atom is -0.505 e. The molecule has 15 heavy (non-hydrogen) atoms. The van der Waals surface area contributed by atoms with Crippen LogP contribution in [0.4, 0.5) is 4.39 Å². The summed E-state index contributed by atoms with van der Waals surface area (Å²) in [6, 6.07) is 4.46. The molecule has 1 fully saturated rings. The van der Waals surface area contributed by atoms with Gasteiger partial charge in [-0.1, -0.05) is 13.0 Å². The molecule has 1 aromatic rings. The molecule has 3 N–H and O–H groups in total. The van der Waals surface area contributed by atoms with Crippen molar-refractivity contribution in [3.8, 4) is 5.75 Å². The number of rotatable bonds is 1. The Morgan fingerprint density at radius 3 is 2.60 bits per heavy atom. The van der Waals surface area contributed by atoms with Gasteiger partial charge in [-0.3, -0.25) is 10.6 Å². The number of benzene rings is 1. The number of nitrogens with one attached hydrogen (secondary N) is 2. The van der Waals surface area contributed by atoms with Crippen LogP contribution in [0, 0.1) is 11.7 Å². The number of phenolic OH excluding ortho intramolecular Hbond substituents is 1. The van der Waals surface area contributed by atoms with E-state index in [4.69, 9.17) is 5.11 Å². The van der Waals surface area contributed by atoms with E-state index in [1.54, 1.807) is 6.07 Å². The monoisotopic (exact) mass is 210 g/mol. The van der Waals surface area contributed by atoms with Gasteiger partial charge in [0.1, 0.15) is 0 Å². The van der Waals surface area contributed by atoms with Gasteiger partial charge in [0.2, 0.25) is 0 Å². The number of halogens is 1. The molecule has 0 aromatic heterocycles. The average Bonchev–Trinajstić information content (AvgIpc) is 2.23. The van der Waals surface area contributed by atoms with Crippen LogP contribution in [0.3, 0.4) is 0 Å². The van der Waals surface area contributed by atoms with Crippen molar-refractivity contribution in [3.63, 3.8) is 0 Å². The number of aromatic hydroxyl groups is 1. The van der Waals surface area contributed by atoms with Gasteiger partial charge in [0, 0.05) is 13.1 Å². The quantitative estimate of drug-likeness (QED) is 0.655. The Hall–Kier alpha value is -1.13. The molecule has 0 saturated carbocycles. The smallest absolute Gasteiger partial charge is 0.165 e. The summed E-state index contributed by atoms with van der Waals surface area (Å²) < 4.78 is 13.1. The second-order valence-corrected chi connectivity index (χ2v) is 4.07. The molecule has 0 amide bonds. The van der Waals surface area contributed by atoms with Crippen LogP contribution in [-0.2, 0) is 0 Å². The average molecular weight is 210 g/mol. The van der Waals surface area contributed by atoms with E-state index in [1.807, 2.05) is 0 Å². The van der Waals surface area contributed by atoms with Gasteiger partial charge in [-0.2, -0.15) is 0 Å². The maximum absolute atomic E-state index is 13.1. The van der Waals surface area contributed by atoms with Crippen molar-refractivity contribution >= 4 is 0 Å². The molecule has 1 saturated heterocycles. The van der Waals surface area contributed by atoms with E-state index in [9.17, 15) is 4.39 Å². The normalized spacial score (nSPS) is 26.5. The van der Waals surface area contributed by atoms with Gasteiger partial charge in [-0.15, -0.1) is 0 Å². The Morgan fingerprint density at radius 2 is 2.00 bits per heavy atom. The largest absolute Gasteiger partial charge is 0.505 e. The van der Waals surface area contributed by atoms with E-state index in [0.717, 1.165) is 18.7 Å². The summed E-state index contributed by atoms with van der Waals surface area (Å²) in [7, 11) is 0. The molecule has 3 nitrogen and oxygen atoms in total. The third kappa shape index (κ3) is 2.27. The van der Waals surface area contributed by atoms with Gasteiger partial charge >= 0.3 is 0 Å². The zero-order chi connectivity index (χ0) is 10.8. The highest BCUT2D eigenvalue weighted by Gasteiger charge is 2.18. The van der Waals surface area contributed by atoms with Crippen LogP contribution in [0.25, 0.3) is 0 Å². The summed E-state index contributed by atoms with van der Waals surface area (Å²) in [4.78, 5) is 0. The van der Waals surface area contributed by atoms with Gasteiger partial charge in [-0.25, -0.2) is 4.39 Å². The van der Waals surface area contributed by atoms with E-state index < -0.39 is 5.82 Å². The molecule has 1 aromatic carbocycles. The molecule has 82 valence electrons. The molecule has 4 heteroatoms. The van der Waals surface area contributed by atoms with Gasteiger partial charge in [0.25, 0.3) is 0 Å². The first-order valence-corrected chi connectivity index (χ1v) is 5.12. The summed E-state index contributed by atoms with van der Waals surface area (Å²) in [6.07, 6.45) is -0.0173. The van der Waals surface area contributed by atoms with E-state index in [1.165, 1.54) is 12.1 Å². The fourth-order valence-corrected chi connectivity index (χ4v) is 1.72. The Morgan fingerprint density at radius 1 is 1.33 bits per heavy atom. The van der Waals surface area contributed by atoms with E-state index in [0.29, 0.717) is 5.92 Å². The first-order valence-electron chi connectivity index (χ1n) is 5.12. The van der Waals surface area contributed by atoms with Gasteiger partial charge in [-0.05, 0) is 23.6 Å². The van der Waals surface area contributed by atoms with Crippen molar-refractivity contribution in [1.29, 1.82) is 0 Å². The highest BCUT2D eigenvalue weighted by atomic mass is 19.1. The summed E-state index contributed by atoms with van der Waals surface area (Å²) >= 11 is 0. The van der Waals surface area contributed by atoms with Crippen LogP contribution in [0.2, 0.25) is 0 Å². The number of hydrogen-bond donors (Lipinski definition) is 3. The summed E-state index contributed by atoms with van der Waals surface area (Å²) in [5, 5.41) is 15.6. The topological polar surface area (TPSA) is 44.3 Å². The zero-order valence-corrected chi connectivity index (χ0v) is 8.63. The van der Waals surface area contributed by atoms with Crippen LogP contribution in [-0.4, -0.2) is 18.2 Å². The molecule has 0 aliphatic carbocycles. The first kappa shape index (κ1) is 10.4. The lowest BCUT2D eigenvalue weighted by atomic mass is 10.1. The van der Waals surface area contributed by atoms with Gasteiger partial charge in [0.05, 0.1) is 6.17 Å². The minimum absolute atomic E-state index is 0.0173. The lowest BCUT2D eigenvalue weighted by Crippen LogP contribution is -2.45. The van der Waals surface area contributed by atoms with E-state index in [2.05, 4.69) is 17.6 Å². The van der Waals surface area contributed by atoms with Crippen LogP contribution in [0.15, 0.2) is 18.2 Å². The SMILES string of the molecule is CC1CNC(c2ccc(O)c(F)c2)NC1. The molecule has 0 spiro atoms. The standard InChI is InChI=1S/C11H15FN2O/c1-7-5-13-11(14-6-7)8-2-3-10(15)9(12)4-8/h2-4,7,11,13-15H,5-6H2,1H3. The maximum Gasteiger partial charge on any atom is 0.165 e. The minimum atomic E-state index is -0.574. The van der Waals surface area contributed by atoms with Gasteiger partial charge < -0.3 is 5.11 Å². The highest BCUT2D eigenvalue weighted by Crippen LogP contribution is 2.21. The second-order valence-electron chi connectivity index (χ2n) is 4.07.